The molecule has 0 fully saturated rings. The summed E-state index contributed by atoms with van der Waals surface area (Å²) in [4.78, 5) is 0. The molecule has 0 aliphatic carbocycles. The molecule has 6 heavy (non-hydrogen) atoms. The monoisotopic (exact) mass is 161 g/mol. The van der Waals surface area contributed by atoms with Crippen LogP contribution in [0, 0.1) is 6.92 Å². The van der Waals surface area contributed by atoms with Gasteiger partial charge in [-0.3, -0.25) is 0 Å². The van der Waals surface area contributed by atoms with Crippen molar-refractivity contribution >= 4 is 39.2 Å². The van der Waals surface area contributed by atoms with Gasteiger partial charge in [0.25, 0.3) is 0 Å². The molecule has 0 unspecified atom stereocenters. The summed E-state index contributed by atoms with van der Waals surface area (Å²) in [7, 11) is 0. The zero-order chi connectivity index (χ0) is 5.21. The summed E-state index contributed by atoms with van der Waals surface area (Å²) >= 11 is 16.0. The topological polar surface area (TPSA) is 0 Å². The minimum atomic E-state index is -2.33. The Bertz CT molecular complexity index is 38.5. The van der Waals surface area contributed by atoms with Crippen molar-refractivity contribution in [3.63, 3.8) is 0 Å². The normalized spacial score (nSPS) is 12.0. The van der Waals surface area contributed by atoms with Crippen LogP contribution in [-0.2, 0) is 0 Å². The average Bonchev–Trinajstić information content (AvgIpc) is 1.35. The Morgan fingerprint density at radius 2 is 1.50 bits per heavy atom. The van der Waals surface area contributed by atoms with E-state index in [0.717, 1.165) is 0 Å². The molecule has 0 aromatic carbocycles. The van der Waals surface area contributed by atoms with E-state index in [0.29, 0.717) is 6.04 Å². The van der Waals surface area contributed by atoms with Crippen molar-refractivity contribution in [3.05, 3.63) is 6.92 Å². The summed E-state index contributed by atoms with van der Waals surface area (Å²) < 4.78 is 0. The molecule has 0 saturated carbocycles. The number of hydrogen-bond donors (Lipinski definition) is 0. The van der Waals surface area contributed by atoms with Crippen LogP contribution in [0.2, 0.25) is 6.04 Å². The second kappa shape index (κ2) is 2.41. The Morgan fingerprint density at radius 3 is 1.50 bits per heavy atom. The average molecular weight is 162 g/mol. The maximum atomic E-state index is 5.32. The summed E-state index contributed by atoms with van der Waals surface area (Å²) in [5, 5.41) is 0. The first-order chi connectivity index (χ1) is 2.56. The zero-order valence-electron chi connectivity index (χ0n) is 3.05. The highest BCUT2D eigenvalue weighted by Crippen LogP contribution is 2.23. The maximum Gasteiger partial charge on any atom is 0.341 e. The number of hydrogen-bond acceptors (Lipinski definition) is 0. The fourth-order valence-corrected chi connectivity index (χ4v) is 0. The molecule has 0 bridgehead atoms. The van der Waals surface area contributed by atoms with Crippen LogP contribution < -0.4 is 0 Å². The second-order valence-corrected chi connectivity index (χ2v) is 10.1. The molecule has 0 aromatic heterocycles. The van der Waals surface area contributed by atoms with Crippen molar-refractivity contribution in [2.24, 2.45) is 0 Å². The molecule has 0 amide bonds. The number of rotatable bonds is 1. The van der Waals surface area contributed by atoms with E-state index >= 15 is 0 Å². The molecular weight excluding hydrogens is 158 g/mol. The molecule has 0 aromatic rings. The maximum absolute atomic E-state index is 5.32. The van der Waals surface area contributed by atoms with Crippen LogP contribution in [0.5, 0.6) is 0 Å². The molecule has 0 atom stereocenters. The van der Waals surface area contributed by atoms with Gasteiger partial charge >= 0.3 is 6.00 Å². The Labute approximate surface area is 52.5 Å². The largest absolute Gasteiger partial charge is 0.341 e. The molecule has 0 nitrogen and oxygen atoms in total. The van der Waals surface area contributed by atoms with Crippen molar-refractivity contribution in [2.45, 2.75) is 6.04 Å². The summed E-state index contributed by atoms with van der Waals surface area (Å²) in [6.45, 7) is 3.42. The van der Waals surface area contributed by atoms with E-state index < -0.39 is 6.00 Å². The van der Waals surface area contributed by atoms with Gasteiger partial charge in [0.05, 0.1) is 0 Å². The van der Waals surface area contributed by atoms with Gasteiger partial charge in [-0.2, -0.15) is 0 Å². The summed E-state index contributed by atoms with van der Waals surface area (Å²) in [6.07, 6.45) is 0. The number of halogens is 3. The Kier molecular flexibility index (Phi) is 2.84. The standard InChI is InChI=1S/C2H4Cl3Si/c1-2-6(3,4)5/h1-2H2. The van der Waals surface area contributed by atoms with Gasteiger partial charge in [-0.05, 0) is 6.04 Å². The van der Waals surface area contributed by atoms with E-state index in [2.05, 4.69) is 6.92 Å². The molecule has 0 heterocycles. The van der Waals surface area contributed by atoms with Gasteiger partial charge < -0.3 is 0 Å². The smallest absolute Gasteiger partial charge is 0.126 e. The predicted octanol–water partition coefficient (Wildman–Crippen LogP) is 2.48. The Morgan fingerprint density at radius 1 is 1.33 bits per heavy atom. The Hall–Kier alpha value is 1.09. The van der Waals surface area contributed by atoms with Gasteiger partial charge in [-0.15, -0.1) is 33.2 Å². The third-order valence-electron chi connectivity index (χ3n) is 0.283. The summed E-state index contributed by atoms with van der Waals surface area (Å²) in [5.74, 6) is 0. The highest BCUT2D eigenvalue weighted by atomic mass is 35.8. The molecule has 0 N–H and O–H groups in total. The molecular formula is C2H4Cl3Si. The minimum Gasteiger partial charge on any atom is -0.126 e. The van der Waals surface area contributed by atoms with Gasteiger partial charge in [-0.25, -0.2) is 0 Å². The van der Waals surface area contributed by atoms with Gasteiger partial charge in [-0.1, -0.05) is 6.92 Å². The van der Waals surface area contributed by atoms with Crippen molar-refractivity contribution in [1.29, 1.82) is 0 Å². The third-order valence-corrected chi connectivity index (χ3v) is 2.55. The summed E-state index contributed by atoms with van der Waals surface area (Å²) in [6, 6.07) is -1.87. The van der Waals surface area contributed by atoms with Crippen LogP contribution in [-0.4, -0.2) is 6.00 Å². The zero-order valence-corrected chi connectivity index (χ0v) is 6.32. The lowest BCUT2D eigenvalue weighted by Crippen LogP contribution is -2.04. The molecule has 0 aliphatic rings. The first-order valence-corrected chi connectivity index (χ1v) is 6.66. The van der Waals surface area contributed by atoms with Crippen molar-refractivity contribution in [3.8, 4) is 0 Å². The van der Waals surface area contributed by atoms with E-state index in [-0.39, 0.29) is 0 Å². The van der Waals surface area contributed by atoms with Gasteiger partial charge in [0, 0.05) is 0 Å². The predicted molar refractivity (Wildman–Crippen MR) is 33.5 cm³/mol. The van der Waals surface area contributed by atoms with E-state index in [9.17, 15) is 0 Å². The fourth-order valence-electron chi connectivity index (χ4n) is 0. The van der Waals surface area contributed by atoms with Crippen LogP contribution in [0.3, 0.4) is 0 Å². The van der Waals surface area contributed by atoms with Crippen LogP contribution >= 0.6 is 33.2 Å². The molecule has 1 radical (unpaired) electrons. The second-order valence-electron chi connectivity index (χ2n) is 0.865. The van der Waals surface area contributed by atoms with Crippen molar-refractivity contribution in [2.75, 3.05) is 0 Å². The highest BCUT2D eigenvalue weighted by molar-refractivity contribution is 7.64. The summed E-state index contributed by atoms with van der Waals surface area (Å²) in [5.41, 5.74) is 0. The fraction of sp³-hybridized carbons (Fsp3) is 0.500. The molecule has 0 aliphatic heterocycles. The van der Waals surface area contributed by atoms with Crippen molar-refractivity contribution in [1.82, 2.24) is 0 Å². The van der Waals surface area contributed by atoms with Crippen LogP contribution in [0.1, 0.15) is 0 Å². The first-order valence-electron chi connectivity index (χ1n) is 1.42. The molecule has 4 heteroatoms. The van der Waals surface area contributed by atoms with Gasteiger partial charge in [0.1, 0.15) is 0 Å². The van der Waals surface area contributed by atoms with E-state index in [4.69, 9.17) is 33.2 Å². The van der Waals surface area contributed by atoms with E-state index in [1.807, 2.05) is 0 Å². The molecule has 0 spiro atoms. The molecule has 0 saturated heterocycles. The van der Waals surface area contributed by atoms with Crippen molar-refractivity contribution < 1.29 is 0 Å². The lowest BCUT2D eigenvalue weighted by atomic mass is 11.0. The quantitative estimate of drug-likeness (QED) is 0.411. The molecule has 0 rings (SSSR count). The van der Waals surface area contributed by atoms with Crippen LogP contribution in [0.15, 0.2) is 0 Å². The van der Waals surface area contributed by atoms with Crippen LogP contribution in [0.25, 0.3) is 0 Å². The minimum absolute atomic E-state index is 0.456. The Balaban J connectivity index is 3.17. The van der Waals surface area contributed by atoms with E-state index in [1.54, 1.807) is 0 Å². The lowest BCUT2D eigenvalue weighted by Gasteiger charge is -1.97. The third kappa shape index (κ3) is 5.09. The van der Waals surface area contributed by atoms with Gasteiger partial charge in [0.15, 0.2) is 0 Å². The SMILES string of the molecule is [CH2]C[Si](Cl)(Cl)Cl. The molecule has 37 valence electrons. The lowest BCUT2D eigenvalue weighted by molar-refractivity contribution is 1.73. The van der Waals surface area contributed by atoms with Crippen LogP contribution in [0.4, 0.5) is 0 Å². The van der Waals surface area contributed by atoms with E-state index in [1.165, 1.54) is 0 Å². The first kappa shape index (κ1) is 7.09. The highest BCUT2D eigenvalue weighted by Gasteiger charge is 2.20. The van der Waals surface area contributed by atoms with Gasteiger partial charge in [0.2, 0.25) is 0 Å².